The van der Waals surface area contributed by atoms with Crippen LogP contribution in [-0.2, 0) is 23.9 Å². The fourth-order valence-corrected chi connectivity index (χ4v) is 3.84. The Morgan fingerprint density at radius 3 is 2.08 bits per heavy atom. The number of hydrogen-bond donors (Lipinski definition) is 4. The number of alkyl carbamates (subject to hydrolysis) is 1. The van der Waals surface area contributed by atoms with Crippen molar-refractivity contribution in [3.63, 3.8) is 0 Å². The quantitative estimate of drug-likeness (QED) is 0.249. The molecular formula is C25H34N2O10. The lowest BCUT2D eigenvalue weighted by Crippen LogP contribution is -2.64. The number of para-hydroxylation sites is 2. The second kappa shape index (κ2) is 12.4. The highest BCUT2D eigenvalue weighted by Gasteiger charge is 2.50. The van der Waals surface area contributed by atoms with Gasteiger partial charge in [0, 0.05) is 19.4 Å². The van der Waals surface area contributed by atoms with Gasteiger partial charge in [0.15, 0.2) is 18.1 Å². The first-order chi connectivity index (χ1) is 17.2. The second-order valence-electron chi connectivity index (χ2n) is 9.86. The largest absolute Gasteiger partial charge is 0.479 e. The molecule has 1 aromatic rings. The molecule has 2 rings (SSSR count). The lowest BCUT2D eigenvalue weighted by atomic mass is 9.81. The SMILES string of the molecule is CC(=O)C(NC(=O)[C@H]1CC[C@H](CNC(=O)OC(C)(C)C)CC1)(Oc1ccccc1OCC(=O)O)C(=O)O. The van der Waals surface area contributed by atoms with Crippen LogP contribution in [0.3, 0.4) is 0 Å². The monoisotopic (exact) mass is 522 g/mol. The maximum atomic E-state index is 13.0. The second-order valence-corrected chi connectivity index (χ2v) is 9.86. The Morgan fingerprint density at radius 2 is 1.57 bits per heavy atom. The van der Waals surface area contributed by atoms with Crippen molar-refractivity contribution in [2.24, 2.45) is 11.8 Å². The van der Waals surface area contributed by atoms with Crippen LogP contribution in [-0.4, -0.2) is 64.4 Å². The van der Waals surface area contributed by atoms with Gasteiger partial charge in [-0.25, -0.2) is 14.4 Å². The van der Waals surface area contributed by atoms with Crippen LogP contribution in [0.5, 0.6) is 11.5 Å². The Hall–Kier alpha value is -3.83. The van der Waals surface area contributed by atoms with E-state index in [2.05, 4.69) is 10.6 Å². The number of ether oxygens (including phenoxy) is 3. The molecule has 4 N–H and O–H groups in total. The zero-order chi connectivity index (χ0) is 27.8. The third-order valence-corrected chi connectivity index (χ3v) is 5.71. The van der Waals surface area contributed by atoms with Crippen molar-refractivity contribution in [2.45, 2.75) is 64.7 Å². The zero-order valence-corrected chi connectivity index (χ0v) is 21.4. The standard InChI is InChI=1S/C25H34N2O10/c1-15(28)25(22(32)33,36-19-8-6-5-7-18(19)35-14-20(29)30)27-21(31)17-11-9-16(10-12-17)13-26-23(34)37-24(2,3)4/h5-8,16-17H,9-14H2,1-4H3,(H,26,34)(H,27,31)(H,29,30)(H,32,33)/t16-,17-,25?. The molecule has 1 atom stereocenters. The van der Waals surface area contributed by atoms with Crippen LogP contribution >= 0.6 is 0 Å². The third kappa shape index (κ3) is 8.65. The molecule has 204 valence electrons. The number of Topliss-reactive ketones (excluding diaryl/α,β-unsaturated/α-hetero) is 1. The van der Waals surface area contributed by atoms with E-state index in [9.17, 15) is 29.1 Å². The number of rotatable bonds is 11. The van der Waals surface area contributed by atoms with Gasteiger partial charge in [0.25, 0.3) is 0 Å². The molecule has 0 spiro atoms. The fourth-order valence-electron chi connectivity index (χ4n) is 3.84. The Labute approximate surface area is 214 Å². The summed E-state index contributed by atoms with van der Waals surface area (Å²) in [4.78, 5) is 60.5. The molecule has 0 heterocycles. The first kappa shape index (κ1) is 29.4. The molecule has 1 aliphatic carbocycles. The van der Waals surface area contributed by atoms with Crippen LogP contribution in [0, 0.1) is 11.8 Å². The van der Waals surface area contributed by atoms with Crippen molar-refractivity contribution in [1.29, 1.82) is 0 Å². The summed E-state index contributed by atoms with van der Waals surface area (Å²) in [5.41, 5.74) is -3.35. The average molecular weight is 523 g/mol. The van der Waals surface area contributed by atoms with Crippen LogP contribution in [0.4, 0.5) is 4.79 Å². The number of carboxylic acid groups (broad SMARTS) is 2. The van der Waals surface area contributed by atoms with E-state index < -0.39 is 53.6 Å². The van der Waals surface area contributed by atoms with Crippen molar-refractivity contribution in [1.82, 2.24) is 10.6 Å². The fraction of sp³-hybridized carbons (Fsp3) is 0.560. The van der Waals surface area contributed by atoms with E-state index in [1.165, 1.54) is 24.3 Å². The topological polar surface area (TPSA) is 178 Å². The number of benzene rings is 1. The van der Waals surface area contributed by atoms with Crippen LogP contribution < -0.4 is 20.1 Å². The summed E-state index contributed by atoms with van der Waals surface area (Å²) in [6.45, 7) is 5.92. The van der Waals surface area contributed by atoms with Crippen molar-refractivity contribution in [2.75, 3.05) is 13.2 Å². The number of aliphatic carboxylic acids is 2. The number of amides is 2. The molecule has 1 aromatic carbocycles. The minimum Gasteiger partial charge on any atom is -0.479 e. The normalized spacial score (nSPS) is 19.0. The van der Waals surface area contributed by atoms with Crippen molar-refractivity contribution >= 4 is 29.7 Å². The van der Waals surface area contributed by atoms with E-state index in [4.69, 9.17) is 19.3 Å². The summed E-state index contributed by atoms with van der Waals surface area (Å²) >= 11 is 0. The highest BCUT2D eigenvalue weighted by atomic mass is 16.6. The Balaban J connectivity index is 2.06. The maximum absolute atomic E-state index is 13.0. The van der Waals surface area contributed by atoms with E-state index in [0.717, 1.165) is 6.92 Å². The molecule has 1 saturated carbocycles. The first-order valence-corrected chi connectivity index (χ1v) is 11.9. The van der Waals surface area contributed by atoms with Crippen LogP contribution in [0.2, 0.25) is 0 Å². The molecule has 12 nitrogen and oxygen atoms in total. The minimum absolute atomic E-state index is 0.107. The van der Waals surface area contributed by atoms with Gasteiger partial charge in [0.2, 0.25) is 11.7 Å². The van der Waals surface area contributed by atoms with E-state index in [0.29, 0.717) is 32.2 Å². The van der Waals surface area contributed by atoms with Gasteiger partial charge in [-0.2, -0.15) is 0 Å². The van der Waals surface area contributed by atoms with Gasteiger partial charge >= 0.3 is 23.8 Å². The summed E-state index contributed by atoms with van der Waals surface area (Å²) in [5, 5.41) is 23.7. The highest BCUT2D eigenvalue weighted by molar-refractivity contribution is 6.08. The van der Waals surface area contributed by atoms with Gasteiger partial charge in [0.05, 0.1) is 0 Å². The molecule has 0 bridgehead atoms. The Morgan fingerprint density at radius 1 is 0.973 bits per heavy atom. The molecule has 1 fully saturated rings. The van der Waals surface area contributed by atoms with Gasteiger partial charge in [0.1, 0.15) is 5.60 Å². The van der Waals surface area contributed by atoms with Gasteiger partial charge in [-0.05, 0) is 64.5 Å². The summed E-state index contributed by atoms with van der Waals surface area (Å²) in [6.07, 6.45) is 1.50. The Bertz CT molecular complexity index is 995. The van der Waals surface area contributed by atoms with Crippen LogP contribution in [0.15, 0.2) is 24.3 Å². The molecule has 0 saturated heterocycles. The lowest BCUT2D eigenvalue weighted by molar-refractivity contribution is -0.168. The molecule has 0 aromatic heterocycles. The smallest absolute Gasteiger partial charge is 0.407 e. The molecule has 37 heavy (non-hydrogen) atoms. The number of carboxylic acids is 2. The average Bonchev–Trinajstić information content (AvgIpc) is 2.80. The molecular weight excluding hydrogens is 488 g/mol. The van der Waals surface area contributed by atoms with Crippen LogP contribution in [0.25, 0.3) is 0 Å². The van der Waals surface area contributed by atoms with Crippen molar-refractivity contribution < 1.29 is 48.4 Å². The molecule has 0 radical (unpaired) electrons. The van der Waals surface area contributed by atoms with Gasteiger partial charge in [-0.1, -0.05) is 12.1 Å². The first-order valence-electron chi connectivity index (χ1n) is 11.9. The zero-order valence-electron chi connectivity index (χ0n) is 21.4. The third-order valence-electron chi connectivity index (χ3n) is 5.71. The number of nitrogens with one attached hydrogen (secondary N) is 2. The van der Waals surface area contributed by atoms with E-state index in [1.807, 2.05) is 0 Å². The van der Waals surface area contributed by atoms with Crippen LogP contribution in [0.1, 0.15) is 53.4 Å². The van der Waals surface area contributed by atoms with Crippen molar-refractivity contribution in [3.8, 4) is 11.5 Å². The van der Waals surface area contributed by atoms with Gasteiger partial charge < -0.3 is 35.1 Å². The summed E-state index contributed by atoms with van der Waals surface area (Å²) in [5.74, 6) is -5.45. The maximum Gasteiger partial charge on any atom is 0.407 e. The number of hydrogen-bond acceptors (Lipinski definition) is 8. The Kier molecular flexibility index (Phi) is 9.87. The molecule has 0 aliphatic heterocycles. The summed E-state index contributed by atoms with van der Waals surface area (Å²) < 4.78 is 15.9. The van der Waals surface area contributed by atoms with E-state index in [-0.39, 0.29) is 17.4 Å². The van der Waals surface area contributed by atoms with Gasteiger partial charge in [-0.15, -0.1) is 0 Å². The molecule has 2 amide bonds. The minimum atomic E-state index is -2.74. The summed E-state index contributed by atoms with van der Waals surface area (Å²) in [6, 6.07) is 5.63. The van der Waals surface area contributed by atoms with E-state index >= 15 is 0 Å². The van der Waals surface area contributed by atoms with Crippen molar-refractivity contribution in [3.05, 3.63) is 24.3 Å². The highest BCUT2D eigenvalue weighted by Crippen LogP contribution is 2.32. The number of carbonyl (C=O) groups is 5. The molecule has 12 heteroatoms. The molecule has 1 unspecified atom stereocenters. The predicted octanol–water partition coefficient (Wildman–Crippen LogP) is 2.35. The lowest BCUT2D eigenvalue weighted by Gasteiger charge is -2.33. The number of carbonyl (C=O) groups excluding carboxylic acids is 3. The molecule has 1 aliphatic rings. The summed E-state index contributed by atoms with van der Waals surface area (Å²) in [7, 11) is 0. The predicted molar refractivity (Wildman–Crippen MR) is 129 cm³/mol. The number of ketones is 1. The van der Waals surface area contributed by atoms with E-state index in [1.54, 1.807) is 20.8 Å². The van der Waals surface area contributed by atoms with Gasteiger partial charge in [-0.3, -0.25) is 9.59 Å².